The fourth-order valence-electron chi connectivity index (χ4n) is 2.98. The van der Waals surface area contributed by atoms with E-state index in [2.05, 4.69) is 9.97 Å². The highest BCUT2D eigenvalue weighted by Crippen LogP contribution is 2.30. The van der Waals surface area contributed by atoms with Gasteiger partial charge >= 0.3 is 0 Å². The molecule has 1 heterocycles. The number of sulfonamides is 1. The summed E-state index contributed by atoms with van der Waals surface area (Å²) in [5.74, 6) is -0.0138. The van der Waals surface area contributed by atoms with Crippen LogP contribution in [-0.2, 0) is 16.6 Å². The van der Waals surface area contributed by atoms with Crippen LogP contribution in [0.5, 0.6) is 11.6 Å². The van der Waals surface area contributed by atoms with Crippen LogP contribution in [0, 0.1) is 11.7 Å². The molecule has 1 aromatic heterocycles. The largest absolute Gasteiger partial charge is 0.489 e. The Morgan fingerprint density at radius 3 is 2.70 bits per heavy atom. The average molecular weight is 472 g/mol. The molecule has 1 saturated carbocycles. The van der Waals surface area contributed by atoms with Crippen LogP contribution in [0.25, 0.3) is 11.3 Å². The lowest BCUT2D eigenvalue weighted by Gasteiger charge is -2.10. The highest BCUT2D eigenvalue weighted by Gasteiger charge is 2.22. The van der Waals surface area contributed by atoms with Crippen LogP contribution < -0.4 is 14.2 Å². The molecule has 1 aliphatic carbocycles. The van der Waals surface area contributed by atoms with Crippen LogP contribution in [0.2, 0.25) is 0 Å². The second-order valence-corrected chi connectivity index (χ2v) is 9.57. The van der Waals surface area contributed by atoms with E-state index in [1.165, 1.54) is 25.0 Å². The first-order valence-corrected chi connectivity index (χ1v) is 12.1. The zero-order chi connectivity index (χ0) is 23.4. The van der Waals surface area contributed by atoms with Crippen molar-refractivity contribution in [2.24, 2.45) is 5.92 Å². The monoisotopic (exact) mass is 471 g/mol. The third-order valence-electron chi connectivity index (χ3n) is 4.89. The molecule has 3 aromatic rings. The number of rotatable bonds is 9. The number of carbonyl (C=O) groups is 1. The molecule has 0 unspecified atom stereocenters. The lowest BCUT2D eigenvalue weighted by molar-refractivity contribution is 0.0981. The van der Waals surface area contributed by atoms with Crippen molar-refractivity contribution in [3.05, 3.63) is 71.8 Å². The van der Waals surface area contributed by atoms with E-state index in [0.29, 0.717) is 29.8 Å². The zero-order valence-electron chi connectivity index (χ0n) is 17.8. The number of aromatic nitrogens is 2. The van der Waals surface area contributed by atoms with Gasteiger partial charge in [0.1, 0.15) is 18.2 Å². The fraction of sp³-hybridized carbons (Fsp3) is 0.261. The molecule has 0 atom stereocenters. The first kappa shape index (κ1) is 22.7. The Bertz CT molecular complexity index is 1280. The molecule has 33 heavy (non-hydrogen) atoms. The van der Waals surface area contributed by atoms with Gasteiger partial charge in [-0.1, -0.05) is 18.2 Å². The second-order valence-electron chi connectivity index (χ2n) is 7.82. The number of ether oxygens (including phenoxy) is 2. The minimum atomic E-state index is -3.74. The van der Waals surface area contributed by atoms with Crippen molar-refractivity contribution in [2.45, 2.75) is 19.4 Å². The Kier molecular flexibility index (Phi) is 6.55. The van der Waals surface area contributed by atoms with E-state index in [1.54, 1.807) is 35.3 Å². The minimum Gasteiger partial charge on any atom is -0.489 e. The maximum absolute atomic E-state index is 14.4. The third kappa shape index (κ3) is 6.48. The van der Waals surface area contributed by atoms with Crippen molar-refractivity contribution >= 4 is 15.9 Å². The summed E-state index contributed by atoms with van der Waals surface area (Å²) in [7, 11) is -3.74. The van der Waals surface area contributed by atoms with Crippen LogP contribution in [0.3, 0.4) is 0 Å². The molecule has 4 rings (SSSR count). The van der Waals surface area contributed by atoms with Crippen LogP contribution >= 0.6 is 0 Å². The number of hydrogen-bond acceptors (Lipinski definition) is 7. The van der Waals surface area contributed by atoms with E-state index < -0.39 is 21.7 Å². The van der Waals surface area contributed by atoms with Crippen molar-refractivity contribution in [3.8, 4) is 22.9 Å². The quantitative estimate of drug-likeness (QED) is 0.510. The summed E-state index contributed by atoms with van der Waals surface area (Å²) < 4.78 is 50.0. The summed E-state index contributed by atoms with van der Waals surface area (Å²) in [6.45, 7) is 0.557. The van der Waals surface area contributed by atoms with E-state index in [9.17, 15) is 17.6 Å². The molecule has 0 aliphatic heterocycles. The molecule has 0 radical (unpaired) electrons. The van der Waals surface area contributed by atoms with Crippen LogP contribution in [-0.4, -0.2) is 37.2 Å². The molecular weight excluding hydrogens is 449 g/mol. The van der Waals surface area contributed by atoms with E-state index in [0.717, 1.165) is 17.9 Å². The van der Waals surface area contributed by atoms with E-state index in [4.69, 9.17) is 9.47 Å². The van der Waals surface area contributed by atoms with Gasteiger partial charge in [0, 0.05) is 16.7 Å². The lowest BCUT2D eigenvalue weighted by atomic mass is 10.1. The number of hydrogen-bond donors (Lipinski definition) is 1. The van der Waals surface area contributed by atoms with Gasteiger partial charge in [-0.2, -0.15) is 0 Å². The number of nitrogens with zero attached hydrogens (tertiary/aromatic N) is 2. The van der Waals surface area contributed by atoms with Crippen molar-refractivity contribution in [1.82, 2.24) is 14.7 Å². The normalized spacial score (nSPS) is 13.4. The van der Waals surface area contributed by atoms with Crippen LogP contribution in [0.1, 0.15) is 28.8 Å². The summed E-state index contributed by atoms with van der Waals surface area (Å²) in [5.41, 5.74) is 1.50. The molecule has 2 aromatic carbocycles. The summed E-state index contributed by atoms with van der Waals surface area (Å²) in [4.78, 5) is 20.5. The highest BCUT2D eigenvalue weighted by atomic mass is 32.2. The van der Waals surface area contributed by atoms with Crippen molar-refractivity contribution in [3.63, 3.8) is 0 Å². The smallest absolute Gasteiger partial charge is 0.264 e. The van der Waals surface area contributed by atoms with Crippen molar-refractivity contribution in [2.75, 3.05) is 12.9 Å². The molecule has 10 heteroatoms. The molecule has 0 spiro atoms. The second kappa shape index (κ2) is 9.53. The molecule has 1 aliphatic rings. The molecule has 1 fully saturated rings. The summed E-state index contributed by atoms with van der Waals surface area (Å²) in [6.07, 6.45) is 6.42. The molecular formula is C23H22FN3O5S. The van der Waals surface area contributed by atoms with Gasteiger partial charge in [-0.3, -0.25) is 9.78 Å². The van der Waals surface area contributed by atoms with E-state index >= 15 is 0 Å². The topological polar surface area (TPSA) is 107 Å². The third-order valence-corrected chi connectivity index (χ3v) is 5.45. The Labute approximate surface area is 190 Å². The molecule has 1 N–H and O–H groups in total. The maximum atomic E-state index is 14.4. The van der Waals surface area contributed by atoms with Crippen molar-refractivity contribution < 1.29 is 27.1 Å². The minimum absolute atomic E-state index is 0.0838. The molecule has 172 valence electrons. The summed E-state index contributed by atoms with van der Waals surface area (Å²) in [6, 6.07) is 10.8. The number of nitrogens with one attached hydrogen (secondary N) is 1. The number of benzene rings is 2. The summed E-state index contributed by atoms with van der Waals surface area (Å²) >= 11 is 0. The van der Waals surface area contributed by atoms with Gasteiger partial charge < -0.3 is 9.47 Å². The van der Waals surface area contributed by atoms with Gasteiger partial charge in [0.05, 0.1) is 31.0 Å². The Balaban J connectivity index is 1.42. The molecule has 8 nitrogen and oxygen atoms in total. The lowest BCUT2D eigenvalue weighted by Crippen LogP contribution is -2.29. The maximum Gasteiger partial charge on any atom is 0.264 e. The average Bonchev–Trinajstić information content (AvgIpc) is 3.61. The van der Waals surface area contributed by atoms with E-state index in [-0.39, 0.29) is 17.7 Å². The van der Waals surface area contributed by atoms with Gasteiger partial charge in [0.15, 0.2) is 0 Å². The summed E-state index contributed by atoms with van der Waals surface area (Å²) in [5, 5.41) is 0. The van der Waals surface area contributed by atoms with Gasteiger partial charge in [-0.25, -0.2) is 22.5 Å². The van der Waals surface area contributed by atoms with Gasteiger partial charge in [-0.05, 0) is 43.0 Å². The Morgan fingerprint density at radius 1 is 1.15 bits per heavy atom. The first-order chi connectivity index (χ1) is 15.8. The highest BCUT2D eigenvalue weighted by molar-refractivity contribution is 7.89. The van der Waals surface area contributed by atoms with Crippen LogP contribution in [0.4, 0.5) is 4.39 Å². The number of carbonyl (C=O) groups excluding carboxylic acids is 1. The zero-order valence-corrected chi connectivity index (χ0v) is 18.6. The van der Waals surface area contributed by atoms with Gasteiger partial charge in [0.2, 0.25) is 15.9 Å². The Hall–Kier alpha value is -3.53. The standard InChI is InChI=1S/C23H22FN3O5S/c1-33(29,30)27-23(28)17-7-8-18(20(24)10-17)14-31-19-4-2-3-16(9-19)21-11-25-12-22(26-21)32-13-15-5-6-15/h2-4,7-12,15H,5-6,13-14H2,1H3,(H,27,28). The predicted molar refractivity (Wildman–Crippen MR) is 119 cm³/mol. The van der Waals surface area contributed by atoms with E-state index in [1.807, 2.05) is 6.07 Å². The van der Waals surface area contributed by atoms with Gasteiger partial charge in [0.25, 0.3) is 5.91 Å². The SMILES string of the molecule is CS(=O)(=O)NC(=O)c1ccc(COc2cccc(-c3cncc(OCC4CC4)n3)c2)c(F)c1. The number of amides is 1. The van der Waals surface area contributed by atoms with Crippen LogP contribution in [0.15, 0.2) is 54.9 Å². The first-order valence-electron chi connectivity index (χ1n) is 10.3. The predicted octanol–water partition coefficient (Wildman–Crippen LogP) is 3.34. The molecule has 0 saturated heterocycles. The van der Waals surface area contributed by atoms with Crippen molar-refractivity contribution in [1.29, 1.82) is 0 Å². The fourth-order valence-corrected chi connectivity index (χ4v) is 3.44. The van der Waals surface area contributed by atoms with Gasteiger partial charge in [-0.15, -0.1) is 0 Å². The molecule has 1 amide bonds. The molecule has 0 bridgehead atoms. The number of halogens is 1. The Morgan fingerprint density at radius 2 is 1.97 bits per heavy atom.